The van der Waals surface area contributed by atoms with Gasteiger partial charge in [0, 0.05) is 0 Å². The summed E-state index contributed by atoms with van der Waals surface area (Å²) in [5.74, 6) is 0.213. The van der Waals surface area contributed by atoms with E-state index in [-0.39, 0.29) is 5.92 Å². The van der Waals surface area contributed by atoms with E-state index < -0.39 is 17.5 Å². The zero-order chi connectivity index (χ0) is 15.1. The molecule has 0 saturated carbocycles. The second kappa shape index (κ2) is 6.57. The molecule has 1 aromatic carbocycles. The molecule has 1 aromatic rings. The molecule has 0 aliphatic rings. The van der Waals surface area contributed by atoms with Crippen molar-refractivity contribution in [2.45, 2.75) is 19.8 Å². The van der Waals surface area contributed by atoms with Gasteiger partial charge in [-0.25, -0.2) is 0 Å². The minimum Gasteiger partial charge on any atom is -0.159 e. The molecule has 1 rings (SSSR count). The highest BCUT2D eigenvalue weighted by atomic mass is 35.9. The molecule has 0 bridgehead atoms. The molecule has 10 heteroatoms. The highest BCUT2D eigenvalue weighted by Crippen LogP contribution is 2.46. The lowest BCUT2D eigenvalue weighted by Gasteiger charge is -2.35. The van der Waals surface area contributed by atoms with Crippen molar-refractivity contribution in [2.24, 2.45) is 0 Å². The van der Waals surface area contributed by atoms with Crippen LogP contribution >= 0.6 is 77.6 Å². The summed E-state index contributed by atoms with van der Waals surface area (Å²) in [6, 6.07) is 7.52. The van der Waals surface area contributed by atoms with E-state index in [1.54, 1.807) is 0 Å². The molecule has 0 aliphatic heterocycles. The first kappa shape index (κ1) is 18.9. The van der Waals surface area contributed by atoms with Gasteiger partial charge in [-0.05, 0) is 16.7 Å². The minimum absolute atomic E-state index is 0.213. The van der Waals surface area contributed by atoms with Crippen LogP contribution in [0.25, 0.3) is 0 Å². The van der Waals surface area contributed by atoms with Gasteiger partial charge in [-0.2, -0.15) is 11.1 Å². The van der Waals surface area contributed by atoms with Crippen molar-refractivity contribution in [1.82, 2.24) is 0 Å². The summed E-state index contributed by atoms with van der Waals surface area (Å²) in [5.41, 5.74) is -5.77. The Balaban J connectivity index is 3.62. The lowest BCUT2D eigenvalue weighted by Crippen LogP contribution is -2.70. The molecule has 0 fully saturated rings. The van der Waals surface area contributed by atoms with E-state index >= 15 is 0 Å². The Morgan fingerprint density at radius 2 is 1.21 bits per heavy atom. The summed E-state index contributed by atoms with van der Waals surface area (Å²) in [6.45, 7) is 4.06. The van der Waals surface area contributed by atoms with Gasteiger partial charge in [0.2, 0.25) is 0 Å². The van der Waals surface area contributed by atoms with E-state index in [1.165, 1.54) is 0 Å². The Bertz CT molecular complexity index is 438. The lowest BCUT2D eigenvalue weighted by atomic mass is 10.0. The Morgan fingerprint density at radius 3 is 1.58 bits per heavy atom. The second-order valence-corrected chi connectivity index (χ2v) is 41.7. The number of hydrogen-bond donors (Lipinski definition) is 0. The van der Waals surface area contributed by atoms with Crippen molar-refractivity contribution in [1.29, 1.82) is 0 Å². The molecule has 0 nitrogen and oxygen atoms in total. The average Bonchev–Trinajstić information content (AvgIpc) is 2.24. The largest absolute Gasteiger partial charge is 0.348 e. The summed E-state index contributed by atoms with van der Waals surface area (Å²) in [7, 11) is 0. The van der Waals surface area contributed by atoms with Crippen molar-refractivity contribution >= 4 is 100 Å². The molecule has 0 atom stereocenters. The molecule has 108 valence electrons. The van der Waals surface area contributed by atoms with Crippen LogP contribution in [0.3, 0.4) is 0 Å². The highest BCUT2D eigenvalue weighted by Gasteiger charge is 2.69. The summed E-state index contributed by atoms with van der Waals surface area (Å²) in [4.78, 5) is 0. The SMILES string of the molecule is CC(C)c1ccccc1[Si](Cl)([Si](Cl)(Cl)Cl)[Si](Cl)(Cl)Cl. The van der Waals surface area contributed by atoms with Crippen LogP contribution in [-0.2, 0) is 0 Å². The van der Waals surface area contributed by atoms with Gasteiger partial charge in [-0.1, -0.05) is 38.1 Å². The van der Waals surface area contributed by atoms with Crippen molar-refractivity contribution in [3.63, 3.8) is 0 Å². The topological polar surface area (TPSA) is 0 Å². The third-order valence-electron chi connectivity index (χ3n) is 2.74. The van der Waals surface area contributed by atoms with E-state index in [0.717, 1.165) is 10.8 Å². The summed E-state index contributed by atoms with van der Waals surface area (Å²) < 4.78 is 0. The molecule has 0 unspecified atom stereocenters. The Kier molecular flexibility index (Phi) is 6.55. The molecule has 0 saturated heterocycles. The molecule has 0 amide bonds. The predicted molar refractivity (Wildman–Crippen MR) is 98.4 cm³/mol. The van der Waals surface area contributed by atoms with E-state index in [1.807, 2.05) is 38.1 Å². The first-order valence-electron chi connectivity index (χ1n) is 5.34. The predicted octanol–water partition coefficient (Wildman–Crippen LogP) is 5.67. The van der Waals surface area contributed by atoms with Crippen LogP contribution in [0.2, 0.25) is 0 Å². The van der Waals surface area contributed by atoms with Crippen LogP contribution in [0.1, 0.15) is 25.3 Å². The average molecular weight is 452 g/mol. The van der Waals surface area contributed by atoms with E-state index in [2.05, 4.69) is 0 Å². The molecule has 0 radical (unpaired) electrons. The fourth-order valence-electron chi connectivity index (χ4n) is 1.78. The van der Waals surface area contributed by atoms with E-state index in [9.17, 15) is 0 Å². The second-order valence-electron chi connectivity index (χ2n) is 4.40. The van der Waals surface area contributed by atoms with Crippen molar-refractivity contribution in [3.05, 3.63) is 29.8 Å². The van der Waals surface area contributed by atoms with Gasteiger partial charge in [0.1, 0.15) is 0 Å². The van der Waals surface area contributed by atoms with Crippen LogP contribution in [0.15, 0.2) is 24.3 Å². The highest BCUT2D eigenvalue weighted by molar-refractivity contribution is 8.19. The maximum atomic E-state index is 6.74. The summed E-state index contributed by atoms with van der Waals surface area (Å²) >= 11 is 44.0. The fourth-order valence-corrected chi connectivity index (χ4v) is 51.6. The van der Waals surface area contributed by atoms with Crippen LogP contribution in [0.5, 0.6) is 0 Å². The quantitative estimate of drug-likeness (QED) is 0.409. The first-order valence-corrected chi connectivity index (χ1v) is 20.4. The number of hydrogen-bond acceptors (Lipinski definition) is 0. The van der Waals surface area contributed by atoms with Gasteiger partial charge in [0.05, 0.1) is 0 Å². The zero-order valence-corrected chi connectivity index (χ0v) is 18.3. The van der Waals surface area contributed by atoms with Crippen molar-refractivity contribution in [3.8, 4) is 0 Å². The number of halogens is 7. The molecular formula is C9H11Cl7Si3. The Morgan fingerprint density at radius 1 is 0.789 bits per heavy atom. The Hall–Kier alpha value is 1.90. The van der Waals surface area contributed by atoms with E-state index in [0.29, 0.717) is 0 Å². The maximum absolute atomic E-state index is 6.74. The van der Waals surface area contributed by atoms with Gasteiger partial charge in [-0.15, -0.1) is 66.5 Å². The van der Waals surface area contributed by atoms with Gasteiger partial charge in [0.15, 0.2) is 0 Å². The van der Waals surface area contributed by atoms with Gasteiger partial charge < -0.3 is 0 Å². The third-order valence-corrected chi connectivity index (χ3v) is 53.4. The van der Waals surface area contributed by atoms with Gasteiger partial charge in [0.25, 0.3) is 6.42 Å². The molecule has 0 N–H and O–H groups in total. The molecule has 0 aliphatic carbocycles. The smallest absolute Gasteiger partial charge is 0.159 e. The van der Waals surface area contributed by atoms with Crippen LogP contribution in [0.4, 0.5) is 0 Å². The van der Waals surface area contributed by atoms with Crippen molar-refractivity contribution < 1.29 is 0 Å². The van der Waals surface area contributed by atoms with Crippen LogP contribution in [0, 0.1) is 0 Å². The van der Waals surface area contributed by atoms with Crippen molar-refractivity contribution in [2.75, 3.05) is 0 Å². The standard InChI is InChI=1S/C9H11Cl7Si3/c1-7(2)8-5-3-4-6-9(8)17(10,18(11,12)13)19(14,15)16/h3-7H,1-2H3. The fraction of sp³-hybridized carbons (Fsp3) is 0.333. The minimum atomic E-state index is -3.38. The molecule has 0 spiro atoms. The third kappa shape index (κ3) is 3.81. The first-order chi connectivity index (χ1) is 8.43. The molecule has 0 aromatic heterocycles. The van der Waals surface area contributed by atoms with Crippen LogP contribution in [-0.4, -0.2) is 17.5 Å². The molecule has 0 heterocycles. The summed E-state index contributed by atoms with van der Waals surface area (Å²) in [6.07, 6.45) is -3.29. The Labute approximate surface area is 148 Å². The molecular weight excluding hydrogens is 441 g/mol. The number of benzene rings is 1. The molecule has 19 heavy (non-hydrogen) atoms. The van der Waals surface area contributed by atoms with Gasteiger partial charge >= 0.3 is 11.0 Å². The number of rotatable bonds is 4. The van der Waals surface area contributed by atoms with Crippen LogP contribution < -0.4 is 5.19 Å². The monoisotopic (exact) mass is 448 g/mol. The van der Waals surface area contributed by atoms with E-state index in [4.69, 9.17) is 77.6 Å². The lowest BCUT2D eigenvalue weighted by molar-refractivity contribution is 0.873. The van der Waals surface area contributed by atoms with Gasteiger partial charge in [-0.3, -0.25) is 0 Å². The zero-order valence-electron chi connectivity index (χ0n) is 10.0. The summed E-state index contributed by atoms with van der Waals surface area (Å²) in [5, 5.41) is 0.755. The maximum Gasteiger partial charge on any atom is 0.348 e. The normalized spacial score (nSPS) is 14.0.